The first-order valence-electron chi connectivity index (χ1n) is 6.27. The van der Waals surface area contributed by atoms with Gasteiger partial charge in [0.1, 0.15) is 10.5 Å². The van der Waals surface area contributed by atoms with Crippen molar-refractivity contribution in [3.8, 4) is 0 Å². The van der Waals surface area contributed by atoms with E-state index in [1.807, 2.05) is 13.8 Å². The molecule has 0 radical (unpaired) electrons. The van der Waals surface area contributed by atoms with E-state index in [2.05, 4.69) is 31.7 Å². The molecule has 0 spiro atoms. The molecule has 2 N–H and O–H groups in total. The minimum atomic E-state index is -0.542. The molecule has 0 saturated carbocycles. The minimum Gasteiger partial charge on any atom is -0.371 e. The molecule has 1 saturated heterocycles. The Bertz CT molecular complexity index is 611. The number of halogens is 1. The van der Waals surface area contributed by atoms with Crippen LogP contribution in [-0.4, -0.2) is 27.6 Å². The van der Waals surface area contributed by atoms with Crippen LogP contribution >= 0.6 is 15.9 Å². The van der Waals surface area contributed by atoms with Gasteiger partial charge in [0.15, 0.2) is 0 Å². The second-order valence-electron chi connectivity index (χ2n) is 4.86. The van der Waals surface area contributed by atoms with E-state index in [0.717, 1.165) is 0 Å². The number of anilines is 1. The van der Waals surface area contributed by atoms with Crippen molar-refractivity contribution in [2.75, 3.05) is 5.32 Å². The van der Waals surface area contributed by atoms with Crippen LogP contribution in [0.2, 0.25) is 0 Å². The number of amides is 2. The second kappa shape index (κ2) is 5.74. The highest BCUT2D eigenvalue weighted by Gasteiger charge is 2.27. The van der Waals surface area contributed by atoms with Crippen LogP contribution in [0.1, 0.15) is 32.7 Å². The lowest BCUT2D eigenvalue weighted by molar-refractivity contribution is -0.133. The molecule has 1 aromatic rings. The van der Waals surface area contributed by atoms with Crippen LogP contribution in [0.4, 0.5) is 5.69 Å². The Morgan fingerprint density at radius 2 is 2.15 bits per heavy atom. The van der Waals surface area contributed by atoms with Gasteiger partial charge in [-0.3, -0.25) is 19.7 Å². The van der Waals surface area contributed by atoms with Crippen molar-refractivity contribution in [1.82, 2.24) is 15.1 Å². The van der Waals surface area contributed by atoms with Crippen LogP contribution in [-0.2, 0) is 9.59 Å². The second-order valence-corrected chi connectivity index (χ2v) is 5.66. The highest BCUT2D eigenvalue weighted by molar-refractivity contribution is 9.10. The normalized spacial score (nSPS) is 19.1. The molecule has 1 aliphatic heterocycles. The van der Waals surface area contributed by atoms with Gasteiger partial charge in [0.25, 0.3) is 5.56 Å². The third-order valence-electron chi connectivity index (χ3n) is 3.00. The van der Waals surface area contributed by atoms with Crippen LogP contribution in [0, 0.1) is 0 Å². The molecule has 2 rings (SSSR count). The van der Waals surface area contributed by atoms with Crippen molar-refractivity contribution in [1.29, 1.82) is 0 Å². The van der Waals surface area contributed by atoms with E-state index in [1.165, 1.54) is 10.9 Å². The Morgan fingerprint density at radius 3 is 2.75 bits per heavy atom. The van der Waals surface area contributed by atoms with Crippen LogP contribution in [0.3, 0.4) is 0 Å². The number of carbonyl (C=O) groups is 2. The molecule has 1 fully saturated rings. The van der Waals surface area contributed by atoms with Crippen molar-refractivity contribution < 1.29 is 9.59 Å². The summed E-state index contributed by atoms with van der Waals surface area (Å²) >= 11 is 3.22. The van der Waals surface area contributed by atoms with Gasteiger partial charge in [-0.15, -0.1) is 0 Å². The molecule has 0 bridgehead atoms. The summed E-state index contributed by atoms with van der Waals surface area (Å²) < 4.78 is 1.67. The Labute approximate surface area is 123 Å². The molecule has 2 amide bonds. The highest BCUT2D eigenvalue weighted by atomic mass is 79.9. The maximum atomic E-state index is 12.1. The van der Waals surface area contributed by atoms with Crippen molar-refractivity contribution in [2.24, 2.45) is 0 Å². The largest absolute Gasteiger partial charge is 0.371 e. The predicted molar refractivity (Wildman–Crippen MR) is 76.4 cm³/mol. The van der Waals surface area contributed by atoms with E-state index in [0.29, 0.717) is 16.6 Å². The fourth-order valence-corrected chi connectivity index (χ4v) is 2.33. The zero-order chi connectivity index (χ0) is 14.9. The zero-order valence-corrected chi connectivity index (χ0v) is 12.7. The summed E-state index contributed by atoms with van der Waals surface area (Å²) in [5.41, 5.74) is 0.179. The smallest absolute Gasteiger partial charge is 0.283 e. The highest BCUT2D eigenvalue weighted by Crippen LogP contribution is 2.20. The number of imide groups is 1. The van der Waals surface area contributed by atoms with Gasteiger partial charge >= 0.3 is 0 Å². The summed E-state index contributed by atoms with van der Waals surface area (Å²) in [6.45, 7) is 3.71. The van der Waals surface area contributed by atoms with Crippen molar-refractivity contribution in [3.63, 3.8) is 0 Å². The third kappa shape index (κ3) is 2.90. The SMILES string of the molecule is CC(C)n1ncc(NC2CCC(=O)NC2=O)c(Br)c1=O. The average Bonchev–Trinajstić information content (AvgIpc) is 2.37. The van der Waals surface area contributed by atoms with Gasteiger partial charge in [0.05, 0.1) is 17.9 Å². The molecule has 0 aliphatic carbocycles. The summed E-state index contributed by atoms with van der Waals surface area (Å²) in [5, 5.41) is 9.25. The first-order valence-corrected chi connectivity index (χ1v) is 7.07. The maximum absolute atomic E-state index is 12.1. The molecule has 7 nitrogen and oxygen atoms in total. The topological polar surface area (TPSA) is 93.1 Å². The van der Waals surface area contributed by atoms with Crippen molar-refractivity contribution >= 4 is 33.4 Å². The Morgan fingerprint density at radius 1 is 1.45 bits per heavy atom. The summed E-state index contributed by atoms with van der Waals surface area (Å²) in [5.74, 6) is -0.665. The quantitative estimate of drug-likeness (QED) is 0.792. The number of hydrogen-bond donors (Lipinski definition) is 2. The number of piperidine rings is 1. The fraction of sp³-hybridized carbons (Fsp3) is 0.500. The number of aromatic nitrogens is 2. The fourth-order valence-electron chi connectivity index (χ4n) is 1.93. The molecular weight excluding hydrogens is 328 g/mol. The summed E-state index contributed by atoms with van der Waals surface area (Å²) in [6, 6.07) is -0.594. The van der Waals surface area contributed by atoms with E-state index in [9.17, 15) is 14.4 Å². The van der Waals surface area contributed by atoms with Crippen LogP contribution < -0.4 is 16.2 Å². The summed E-state index contributed by atoms with van der Waals surface area (Å²) in [4.78, 5) is 34.8. The predicted octanol–water partition coefficient (Wildman–Crippen LogP) is 0.804. The van der Waals surface area contributed by atoms with Gasteiger partial charge in [-0.1, -0.05) is 0 Å². The molecular formula is C12H15BrN4O3. The molecule has 8 heteroatoms. The molecule has 1 unspecified atom stereocenters. The number of nitrogens with zero attached hydrogens (tertiary/aromatic N) is 2. The van der Waals surface area contributed by atoms with E-state index >= 15 is 0 Å². The van der Waals surface area contributed by atoms with Gasteiger partial charge in [0, 0.05) is 6.42 Å². The number of carbonyl (C=O) groups excluding carboxylic acids is 2. The van der Waals surface area contributed by atoms with Gasteiger partial charge in [-0.05, 0) is 36.2 Å². The molecule has 1 aromatic heterocycles. The zero-order valence-electron chi connectivity index (χ0n) is 11.1. The Balaban J connectivity index is 2.22. The van der Waals surface area contributed by atoms with Crippen LogP contribution in [0.25, 0.3) is 0 Å². The molecule has 1 atom stereocenters. The number of nitrogens with one attached hydrogen (secondary N) is 2. The Kier molecular flexibility index (Phi) is 4.22. The maximum Gasteiger partial charge on any atom is 0.283 e. The van der Waals surface area contributed by atoms with E-state index < -0.39 is 6.04 Å². The lowest BCUT2D eigenvalue weighted by Gasteiger charge is -2.23. The molecule has 2 heterocycles. The minimum absolute atomic E-state index is 0.0524. The standard InChI is InChI=1S/C12H15BrN4O3/c1-6(2)17-12(20)10(13)8(5-14-17)15-7-3-4-9(18)16-11(7)19/h5-7,15H,3-4H2,1-2H3,(H,16,18,19). The first-order chi connectivity index (χ1) is 9.40. The lowest BCUT2D eigenvalue weighted by atomic mass is 10.1. The average molecular weight is 343 g/mol. The molecule has 108 valence electrons. The molecule has 1 aliphatic rings. The number of hydrogen-bond acceptors (Lipinski definition) is 5. The molecule has 0 aromatic carbocycles. The van der Waals surface area contributed by atoms with Gasteiger partial charge in [-0.2, -0.15) is 5.10 Å². The first kappa shape index (κ1) is 14.7. The van der Waals surface area contributed by atoms with Crippen LogP contribution in [0.15, 0.2) is 15.5 Å². The van der Waals surface area contributed by atoms with Gasteiger partial charge in [0.2, 0.25) is 11.8 Å². The van der Waals surface area contributed by atoms with E-state index in [1.54, 1.807) is 0 Å². The number of rotatable bonds is 3. The van der Waals surface area contributed by atoms with E-state index in [4.69, 9.17) is 0 Å². The van der Waals surface area contributed by atoms with Gasteiger partial charge < -0.3 is 5.32 Å². The summed E-state index contributed by atoms with van der Waals surface area (Å²) in [6.07, 6.45) is 2.16. The third-order valence-corrected chi connectivity index (χ3v) is 3.77. The monoisotopic (exact) mass is 342 g/mol. The summed E-state index contributed by atoms with van der Waals surface area (Å²) in [7, 11) is 0. The van der Waals surface area contributed by atoms with Gasteiger partial charge in [-0.25, -0.2) is 4.68 Å². The van der Waals surface area contributed by atoms with Crippen LogP contribution in [0.5, 0.6) is 0 Å². The Hall–Kier alpha value is -1.70. The lowest BCUT2D eigenvalue weighted by Crippen LogP contribution is -2.47. The van der Waals surface area contributed by atoms with Crippen molar-refractivity contribution in [2.45, 2.75) is 38.8 Å². The molecule has 20 heavy (non-hydrogen) atoms. The van der Waals surface area contributed by atoms with Crippen molar-refractivity contribution in [3.05, 3.63) is 21.0 Å². The van der Waals surface area contributed by atoms with E-state index in [-0.39, 0.29) is 29.8 Å².